The fraction of sp³-hybridized carbons (Fsp3) is 0.529. The molecule has 21 heavy (non-hydrogen) atoms. The summed E-state index contributed by atoms with van der Waals surface area (Å²) >= 11 is 0. The minimum Gasteiger partial charge on any atom is -0.340 e. The Bertz CT molecular complexity index is 509. The number of nitrogens with one attached hydrogen (secondary N) is 1. The molecule has 1 N–H and O–H groups in total. The summed E-state index contributed by atoms with van der Waals surface area (Å²) in [6.45, 7) is 6.11. The molecular formula is C17H24N2O2. The van der Waals surface area contributed by atoms with Crippen LogP contribution < -0.4 is 5.32 Å². The molecule has 0 spiro atoms. The molecule has 1 saturated heterocycles. The summed E-state index contributed by atoms with van der Waals surface area (Å²) in [5.41, 5.74) is 0.349. The zero-order valence-electron chi connectivity index (χ0n) is 13.1. The second-order valence-corrected chi connectivity index (χ2v) is 5.61. The van der Waals surface area contributed by atoms with Gasteiger partial charge in [-0.2, -0.15) is 0 Å². The zero-order valence-corrected chi connectivity index (χ0v) is 13.1. The van der Waals surface area contributed by atoms with Crippen LogP contribution in [0.2, 0.25) is 0 Å². The maximum atomic E-state index is 12.9. The molecule has 0 aromatic heterocycles. The Morgan fingerprint density at radius 3 is 2.29 bits per heavy atom. The van der Waals surface area contributed by atoms with Crippen LogP contribution in [0.5, 0.6) is 0 Å². The minimum atomic E-state index is -0.739. The molecule has 1 aliphatic rings. The van der Waals surface area contributed by atoms with E-state index in [4.69, 9.17) is 0 Å². The number of carbonyl (C=O) groups is 2. The van der Waals surface area contributed by atoms with Gasteiger partial charge in [-0.3, -0.25) is 9.59 Å². The van der Waals surface area contributed by atoms with Gasteiger partial charge in [-0.15, -0.1) is 0 Å². The lowest BCUT2D eigenvalue weighted by molar-refractivity contribution is -0.153. The van der Waals surface area contributed by atoms with Gasteiger partial charge >= 0.3 is 0 Å². The Morgan fingerprint density at radius 2 is 1.76 bits per heavy atom. The molecule has 1 atom stereocenters. The van der Waals surface area contributed by atoms with Gasteiger partial charge in [0.25, 0.3) is 0 Å². The third-order valence-corrected chi connectivity index (χ3v) is 4.52. The van der Waals surface area contributed by atoms with Crippen LogP contribution in [0, 0.1) is 0 Å². The quantitative estimate of drug-likeness (QED) is 0.905. The Morgan fingerprint density at radius 1 is 1.14 bits per heavy atom. The second kappa shape index (κ2) is 6.29. The van der Waals surface area contributed by atoms with Gasteiger partial charge in [0.1, 0.15) is 12.1 Å². The number of hydrogen-bond donors (Lipinski definition) is 1. The summed E-state index contributed by atoms with van der Waals surface area (Å²) in [7, 11) is 0. The van der Waals surface area contributed by atoms with Gasteiger partial charge in [0.15, 0.2) is 0 Å². The number of hydrogen-bond acceptors (Lipinski definition) is 2. The van der Waals surface area contributed by atoms with Crippen LogP contribution in [-0.4, -0.2) is 28.8 Å². The van der Waals surface area contributed by atoms with Crippen LogP contribution in [0.25, 0.3) is 0 Å². The van der Waals surface area contributed by atoms with Gasteiger partial charge < -0.3 is 10.2 Å². The molecule has 1 aromatic carbocycles. The number of nitrogens with zero attached hydrogens (tertiary/aromatic N) is 1. The molecular weight excluding hydrogens is 264 g/mol. The molecule has 1 unspecified atom stereocenters. The Balaban J connectivity index is 2.36. The Hall–Kier alpha value is -1.84. The Kier molecular flexibility index (Phi) is 4.66. The van der Waals surface area contributed by atoms with Crippen LogP contribution in [0.3, 0.4) is 0 Å². The maximum absolute atomic E-state index is 12.9. The zero-order chi connectivity index (χ0) is 15.5. The molecule has 4 heteroatoms. The predicted octanol–water partition coefficient (Wildman–Crippen LogP) is 2.65. The van der Waals surface area contributed by atoms with Crippen LogP contribution in [0.4, 0.5) is 0 Å². The summed E-state index contributed by atoms with van der Waals surface area (Å²) < 4.78 is 0. The van der Waals surface area contributed by atoms with Crippen molar-refractivity contribution in [1.29, 1.82) is 0 Å². The van der Waals surface area contributed by atoms with Gasteiger partial charge in [0.2, 0.25) is 11.8 Å². The number of rotatable bonds is 5. The van der Waals surface area contributed by atoms with E-state index in [0.29, 0.717) is 12.8 Å². The molecule has 114 valence electrons. The van der Waals surface area contributed by atoms with E-state index in [2.05, 4.69) is 12.2 Å². The highest BCUT2D eigenvalue weighted by Crippen LogP contribution is 2.31. The molecule has 4 nitrogen and oxygen atoms in total. The molecule has 2 rings (SSSR count). The lowest BCUT2D eigenvalue weighted by atomic mass is 9.87. The summed E-state index contributed by atoms with van der Waals surface area (Å²) in [5.74, 6) is -0.0181. The topological polar surface area (TPSA) is 49.4 Å². The highest BCUT2D eigenvalue weighted by molar-refractivity contribution is 5.98. The minimum absolute atomic E-state index is 0.0396. The first-order chi connectivity index (χ1) is 10.1. The average molecular weight is 288 g/mol. The van der Waals surface area contributed by atoms with Crippen LogP contribution in [0.1, 0.15) is 51.6 Å². The molecule has 0 aliphatic carbocycles. The predicted molar refractivity (Wildman–Crippen MR) is 82.6 cm³/mol. The van der Waals surface area contributed by atoms with E-state index in [0.717, 1.165) is 12.0 Å². The van der Waals surface area contributed by atoms with E-state index < -0.39 is 5.54 Å². The van der Waals surface area contributed by atoms with Crippen molar-refractivity contribution in [1.82, 2.24) is 10.2 Å². The fourth-order valence-electron chi connectivity index (χ4n) is 3.15. The standard InChI is InChI=1S/C17H24N2O2/c1-4-14(13-10-8-7-9-11-13)19-12-15(20)18-17(5-2,6-3)16(19)21/h7-11,14H,4-6,12H2,1-3H3,(H,18,20). The highest BCUT2D eigenvalue weighted by Gasteiger charge is 2.45. The molecule has 0 saturated carbocycles. The molecule has 1 aliphatic heterocycles. The average Bonchev–Trinajstić information content (AvgIpc) is 2.52. The van der Waals surface area contributed by atoms with Crippen LogP contribution in [-0.2, 0) is 9.59 Å². The van der Waals surface area contributed by atoms with E-state index in [1.54, 1.807) is 4.90 Å². The SMILES string of the molecule is CCC(c1ccccc1)N1CC(=O)NC(CC)(CC)C1=O. The normalized spacial score (nSPS) is 19.3. The van der Waals surface area contributed by atoms with Crippen molar-refractivity contribution in [3.63, 3.8) is 0 Å². The number of carbonyl (C=O) groups excluding carboxylic acids is 2. The third kappa shape index (κ3) is 2.80. The van der Waals surface area contributed by atoms with Crippen molar-refractivity contribution in [2.24, 2.45) is 0 Å². The molecule has 0 bridgehead atoms. The first kappa shape index (κ1) is 15.5. The molecule has 0 radical (unpaired) electrons. The van der Waals surface area contributed by atoms with E-state index >= 15 is 0 Å². The second-order valence-electron chi connectivity index (χ2n) is 5.61. The lowest BCUT2D eigenvalue weighted by Crippen LogP contribution is -2.66. The molecule has 1 heterocycles. The smallest absolute Gasteiger partial charge is 0.249 e. The number of benzene rings is 1. The van der Waals surface area contributed by atoms with Crippen molar-refractivity contribution in [2.45, 2.75) is 51.6 Å². The molecule has 1 fully saturated rings. The van der Waals surface area contributed by atoms with Gasteiger partial charge in [-0.25, -0.2) is 0 Å². The highest BCUT2D eigenvalue weighted by atomic mass is 16.2. The summed E-state index contributed by atoms with van der Waals surface area (Å²) in [4.78, 5) is 26.8. The first-order valence-corrected chi connectivity index (χ1v) is 7.75. The van der Waals surface area contributed by atoms with Gasteiger partial charge in [-0.1, -0.05) is 51.1 Å². The number of amides is 2. The van der Waals surface area contributed by atoms with E-state index in [-0.39, 0.29) is 24.4 Å². The molecule has 1 aromatic rings. The van der Waals surface area contributed by atoms with E-state index in [9.17, 15) is 9.59 Å². The van der Waals surface area contributed by atoms with Gasteiger partial charge in [0, 0.05) is 0 Å². The van der Waals surface area contributed by atoms with E-state index in [1.165, 1.54) is 0 Å². The summed E-state index contributed by atoms with van der Waals surface area (Å²) in [5, 5.41) is 2.91. The van der Waals surface area contributed by atoms with Crippen molar-refractivity contribution < 1.29 is 9.59 Å². The maximum Gasteiger partial charge on any atom is 0.249 e. The van der Waals surface area contributed by atoms with Crippen LogP contribution >= 0.6 is 0 Å². The van der Waals surface area contributed by atoms with Crippen molar-refractivity contribution in [3.05, 3.63) is 35.9 Å². The summed E-state index contributed by atoms with van der Waals surface area (Å²) in [6, 6.07) is 9.91. The van der Waals surface area contributed by atoms with Gasteiger partial charge in [0.05, 0.1) is 6.04 Å². The Labute approximate surface area is 126 Å². The fourth-order valence-corrected chi connectivity index (χ4v) is 3.15. The van der Waals surface area contributed by atoms with Crippen molar-refractivity contribution in [3.8, 4) is 0 Å². The monoisotopic (exact) mass is 288 g/mol. The largest absolute Gasteiger partial charge is 0.340 e. The van der Waals surface area contributed by atoms with Crippen LogP contribution in [0.15, 0.2) is 30.3 Å². The summed E-state index contributed by atoms with van der Waals surface area (Å²) in [6.07, 6.45) is 2.04. The van der Waals surface area contributed by atoms with Crippen molar-refractivity contribution >= 4 is 11.8 Å². The third-order valence-electron chi connectivity index (χ3n) is 4.52. The van der Waals surface area contributed by atoms with E-state index in [1.807, 2.05) is 44.2 Å². The van der Waals surface area contributed by atoms with Gasteiger partial charge in [-0.05, 0) is 24.8 Å². The molecule has 2 amide bonds. The number of piperazine rings is 1. The first-order valence-electron chi connectivity index (χ1n) is 7.75. The van der Waals surface area contributed by atoms with Crippen molar-refractivity contribution in [2.75, 3.05) is 6.54 Å². The lowest BCUT2D eigenvalue weighted by Gasteiger charge is -2.44.